The quantitative estimate of drug-likeness (QED) is 0.512. The van der Waals surface area contributed by atoms with Gasteiger partial charge >= 0.3 is 0 Å². The summed E-state index contributed by atoms with van der Waals surface area (Å²) in [5, 5.41) is 2.24. The van der Waals surface area contributed by atoms with Crippen molar-refractivity contribution in [3.05, 3.63) is 23.8 Å². The number of para-hydroxylation sites is 1. The number of carbonyl (C=O) groups excluding carboxylic acids is 3. The molecule has 6 nitrogen and oxygen atoms in total. The number of fused-ring (bicyclic) bond motifs is 1. The van der Waals surface area contributed by atoms with E-state index in [0.29, 0.717) is 30.2 Å². The van der Waals surface area contributed by atoms with Crippen molar-refractivity contribution >= 4 is 23.4 Å². The highest BCUT2D eigenvalue weighted by atomic mass is 16.5. The van der Waals surface area contributed by atoms with Crippen LogP contribution in [0.5, 0.6) is 5.75 Å². The first-order valence-corrected chi connectivity index (χ1v) is 6.07. The standard InChI is InChI=1S/C13H10N2O4/c16-9-6-13(11(17)14-9)7-2-1-3-8-10(7)15(12(13)18)4-5-19-8/h1-3H,4-6H2,(H,14,16,17). The fourth-order valence-corrected chi connectivity index (χ4v) is 3.16. The molecular formula is C13H10N2O4. The van der Waals surface area contributed by atoms with Crippen molar-refractivity contribution in [1.29, 1.82) is 0 Å². The van der Waals surface area contributed by atoms with Crippen LogP contribution in [-0.2, 0) is 19.8 Å². The Hall–Kier alpha value is -2.37. The Kier molecular flexibility index (Phi) is 1.74. The summed E-state index contributed by atoms with van der Waals surface area (Å²) in [6.07, 6.45) is -0.113. The van der Waals surface area contributed by atoms with E-state index >= 15 is 0 Å². The molecule has 1 aromatic carbocycles. The Bertz CT molecular complexity index is 654. The minimum atomic E-state index is -1.38. The average Bonchev–Trinajstić information content (AvgIpc) is 2.83. The predicted octanol–water partition coefficient (Wildman–Crippen LogP) is -0.290. The number of hydrogen-bond acceptors (Lipinski definition) is 4. The molecule has 4 rings (SSSR count). The third-order valence-corrected chi connectivity index (χ3v) is 3.98. The van der Waals surface area contributed by atoms with Gasteiger partial charge in [-0.25, -0.2) is 0 Å². The lowest BCUT2D eigenvalue weighted by atomic mass is 9.80. The number of rotatable bonds is 0. The van der Waals surface area contributed by atoms with E-state index in [4.69, 9.17) is 4.74 Å². The number of amides is 3. The molecule has 1 spiro atoms. The van der Waals surface area contributed by atoms with Crippen LogP contribution in [0.2, 0.25) is 0 Å². The van der Waals surface area contributed by atoms with E-state index in [9.17, 15) is 14.4 Å². The van der Waals surface area contributed by atoms with Crippen molar-refractivity contribution in [3.63, 3.8) is 0 Å². The van der Waals surface area contributed by atoms with E-state index < -0.39 is 17.2 Å². The van der Waals surface area contributed by atoms with Gasteiger partial charge in [-0.1, -0.05) is 12.1 Å². The molecule has 0 bridgehead atoms. The molecule has 3 aliphatic rings. The lowest BCUT2D eigenvalue weighted by Gasteiger charge is -2.25. The number of imide groups is 1. The summed E-state index contributed by atoms with van der Waals surface area (Å²) in [5.41, 5.74) is -0.155. The van der Waals surface area contributed by atoms with Gasteiger partial charge in [0, 0.05) is 5.56 Å². The number of nitrogens with zero attached hydrogens (tertiary/aromatic N) is 1. The number of anilines is 1. The molecule has 0 saturated carbocycles. The second-order valence-corrected chi connectivity index (χ2v) is 4.92. The van der Waals surface area contributed by atoms with Crippen LogP contribution >= 0.6 is 0 Å². The molecule has 96 valence electrons. The molecule has 3 aliphatic heterocycles. The third kappa shape index (κ3) is 1.05. The Morgan fingerprint density at radius 1 is 1.26 bits per heavy atom. The smallest absolute Gasteiger partial charge is 0.248 e. The van der Waals surface area contributed by atoms with Crippen molar-refractivity contribution in [2.24, 2.45) is 0 Å². The minimum Gasteiger partial charge on any atom is -0.490 e. The molecule has 19 heavy (non-hydrogen) atoms. The van der Waals surface area contributed by atoms with E-state index in [1.807, 2.05) is 0 Å². The summed E-state index contributed by atoms with van der Waals surface area (Å²) in [6.45, 7) is 0.805. The first-order chi connectivity index (χ1) is 9.14. The normalized spacial score (nSPS) is 27.6. The second-order valence-electron chi connectivity index (χ2n) is 4.92. The van der Waals surface area contributed by atoms with Gasteiger partial charge in [-0.2, -0.15) is 0 Å². The molecule has 0 aromatic heterocycles. The zero-order valence-electron chi connectivity index (χ0n) is 9.93. The summed E-state index contributed by atoms with van der Waals surface area (Å²) in [6, 6.07) is 5.24. The van der Waals surface area contributed by atoms with E-state index in [1.165, 1.54) is 0 Å². The van der Waals surface area contributed by atoms with Gasteiger partial charge in [0.15, 0.2) is 5.41 Å². The van der Waals surface area contributed by atoms with Gasteiger partial charge < -0.3 is 9.64 Å². The number of nitrogens with one attached hydrogen (secondary N) is 1. The highest BCUT2D eigenvalue weighted by molar-refractivity contribution is 6.29. The molecule has 3 heterocycles. The maximum atomic E-state index is 12.6. The predicted molar refractivity (Wildman–Crippen MR) is 63.7 cm³/mol. The van der Waals surface area contributed by atoms with E-state index in [-0.39, 0.29) is 12.3 Å². The van der Waals surface area contributed by atoms with Crippen LogP contribution in [0.25, 0.3) is 0 Å². The first kappa shape index (κ1) is 10.5. The summed E-state index contributed by atoms with van der Waals surface area (Å²) in [4.78, 5) is 37.9. The van der Waals surface area contributed by atoms with Crippen LogP contribution in [0.15, 0.2) is 18.2 Å². The Labute approximate surface area is 108 Å². The first-order valence-electron chi connectivity index (χ1n) is 6.07. The van der Waals surface area contributed by atoms with Crippen molar-refractivity contribution in [1.82, 2.24) is 5.32 Å². The molecule has 0 radical (unpaired) electrons. The van der Waals surface area contributed by atoms with E-state index in [0.717, 1.165) is 0 Å². The molecule has 0 aliphatic carbocycles. The lowest BCUT2D eigenvalue weighted by molar-refractivity contribution is -0.133. The topological polar surface area (TPSA) is 75.7 Å². The summed E-state index contributed by atoms with van der Waals surface area (Å²) >= 11 is 0. The maximum absolute atomic E-state index is 12.6. The van der Waals surface area contributed by atoms with Crippen molar-refractivity contribution in [2.45, 2.75) is 11.8 Å². The largest absolute Gasteiger partial charge is 0.490 e. The molecule has 3 amide bonds. The summed E-state index contributed by atoms with van der Waals surface area (Å²) in [5.74, 6) is -0.648. The van der Waals surface area contributed by atoms with Crippen LogP contribution in [-0.4, -0.2) is 30.9 Å². The molecule has 1 N–H and O–H groups in total. The number of carbonyl (C=O) groups is 3. The zero-order chi connectivity index (χ0) is 13.2. The van der Waals surface area contributed by atoms with Crippen molar-refractivity contribution in [2.75, 3.05) is 18.1 Å². The van der Waals surface area contributed by atoms with Gasteiger partial charge in [0.1, 0.15) is 12.4 Å². The molecular weight excluding hydrogens is 248 g/mol. The van der Waals surface area contributed by atoms with Gasteiger partial charge in [0.25, 0.3) is 0 Å². The zero-order valence-corrected chi connectivity index (χ0v) is 9.93. The Morgan fingerprint density at radius 3 is 2.84 bits per heavy atom. The SMILES string of the molecule is O=C1CC2(C(=O)N1)C(=O)N1CCOc3cccc2c31. The highest BCUT2D eigenvalue weighted by Gasteiger charge is 2.62. The molecule has 1 saturated heterocycles. The number of benzene rings is 1. The van der Waals surface area contributed by atoms with Crippen LogP contribution in [0, 0.1) is 0 Å². The van der Waals surface area contributed by atoms with Crippen LogP contribution < -0.4 is 15.0 Å². The minimum absolute atomic E-state index is 0.113. The van der Waals surface area contributed by atoms with E-state index in [1.54, 1.807) is 23.1 Å². The Morgan fingerprint density at radius 2 is 2.11 bits per heavy atom. The molecule has 1 unspecified atom stereocenters. The van der Waals surface area contributed by atoms with Gasteiger partial charge in [-0.3, -0.25) is 19.7 Å². The maximum Gasteiger partial charge on any atom is 0.248 e. The van der Waals surface area contributed by atoms with Crippen LogP contribution in [0.4, 0.5) is 5.69 Å². The number of hydrogen-bond donors (Lipinski definition) is 1. The highest BCUT2D eigenvalue weighted by Crippen LogP contribution is 2.51. The third-order valence-electron chi connectivity index (χ3n) is 3.98. The van der Waals surface area contributed by atoms with Gasteiger partial charge in [0.2, 0.25) is 17.7 Å². The van der Waals surface area contributed by atoms with Gasteiger partial charge in [-0.15, -0.1) is 0 Å². The van der Waals surface area contributed by atoms with Crippen molar-refractivity contribution < 1.29 is 19.1 Å². The molecule has 6 heteroatoms. The Balaban J connectivity index is 2.03. The molecule has 1 atom stereocenters. The van der Waals surface area contributed by atoms with Crippen molar-refractivity contribution in [3.8, 4) is 5.75 Å². The second kappa shape index (κ2) is 3.14. The summed E-state index contributed by atoms with van der Waals surface area (Å²) in [7, 11) is 0. The van der Waals surface area contributed by atoms with Crippen LogP contribution in [0.3, 0.4) is 0 Å². The van der Waals surface area contributed by atoms with Crippen LogP contribution in [0.1, 0.15) is 12.0 Å². The fraction of sp³-hybridized carbons (Fsp3) is 0.308. The average molecular weight is 258 g/mol. The fourth-order valence-electron chi connectivity index (χ4n) is 3.16. The van der Waals surface area contributed by atoms with Gasteiger partial charge in [-0.05, 0) is 6.07 Å². The number of ether oxygens (including phenoxy) is 1. The lowest BCUT2D eigenvalue weighted by Crippen LogP contribution is -2.46. The summed E-state index contributed by atoms with van der Waals surface area (Å²) < 4.78 is 5.52. The molecule has 1 fully saturated rings. The van der Waals surface area contributed by atoms with E-state index in [2.05, 4.69) is 5.32 Å². The molecule has 1 aromatic rings. The van der Waals surface area contributed by atoms with Gasteiger partial charge in [0.05, 0.1) is 18.7 Å². The monoisotopic (exact) mass is 258 g/mol.